The van der Waals surface area contributed by atoms with E-state index in [9.17, 15) is 14.9 Å². The summed E-state index contributed by atoms with van der Waals surface area (Å²) in [6.07, 6.45) is 0.844. The average molecular weight is 441 g/mol. The van der Waals surface area contributed by atoms with Crippen LogP contribution in [0.5, 0.6) is 0 Å². The Labute approximate surface area is 185 Å². The van der Waals surface area contributed by atoms with Crippen molar-refractivity contribution in [3.63, 3.8) is 0 Å². The van der Waals surface area contributed by atoms with E-state index >= 15 is 0 Å². The van der Waals surface area contributed by atoms with Crippen molar-refractivity contribution < 1.29 is 14.5 Å². The standard InChI is InChI=1S/C22H24N4O4S/c1-16-5-2-3-6-18(16)23-22-25(9-4-14-31-22)21(27)17-7-8-19(20(15-17)26(28)29)24-10-12-30-13-11-24/h2-3,5-8,15H,4,9-14H2,1H3. The van der Waals surface area contributed by atoms with E-state index in [-0.39, 0.29) is 11.6 Å². The molecule has 0 aliphatic carbocycles. The number of aliphatic imine (C=N–C) groups is 1. The van der Waals surface area contributed by atoms with E-state index in [1.807, 2.05) is 36.1 Å². The van der Waals surface area contributed by atoms with Gasteiger partial charge in [-0.2, -0.15) is 0 Å². The van der Waals surface area contributed by atoms with Gasteiger partial charge in [-0.05, 0) is 37.1 Å². The van der Waals surface area contributed by atoms with Crippen molar-refractivity contribution >= 4 is 39.9 Å². The number of anilines is 1. The van der Waals surface area contributed by atoms with Crippen LogP contribution in [-0.2, 0) is 4.74 Å². The maximum Gasteiger partial charge on any atom is 0.293 e. The SMILES string of the molecule is Cc1ccccc1N=C1SCCCN1C(=O)c1ccc(N2CCOCC2)c([N+](=O)[O-])c1. The quantitative estimate of drug-likeness (QED) is 0.527. The Balaban J connectivity index is 1.65. The minimum absolute atomic E-state index is 0.0604. The number of nitro groups is 1. The van der Waals surface area contributed by atoms with Crippen molar-refractivity contribution in [2.24, 2.45) is 4.99 Å². The van der Waals surface area contributed by atoms with Gasteiger partial charge in [0.25, 0.3) is 11.6 Å². The minimum Gasteiger partial charge on any atom is -0.378 e. The summed E-state index contributed by atoms with van der Waals surface area (Å²) in [4.78, 5) is 32.9. The van der Waals surface area contributed by atoms with E-state index in [0.717, 1.165) is 23.4 Å². The van der Waals surface area contributed by atoms with E-state index in [4.69, 9.17) is 9.73 Å². The fraction of sp³-hybridized carbons (Fsp3) is 0.364. The summed E-state index contributed by atoms with van der Waals surface area (Å²) >= 11 is 1.53. The van der Waals surface area contributed by atoms with Gasteiger partial charge in [0.2, 0.25) is 0 Å². The zero-order chi connectivity index (χ0) is 21.8. The minimum atomic E-state index is -0.422. The maximum absolute atomic E-state index is 13.3. The first-order valence-electron chi connectivity index (χ1n) is 10.2. The number of rotatable bonds is 4. The molecule has 1 amide bonds. The van der Waals surface area contributed by atoms with Gasteiger partial charge in [0.05, 0.1) is 23.8 Å². The number of nitro benzene ring substituents is 1. The number of hydrogen-bond acceptors (Lipinski definition) is 7. The lowest BCUT2D eigenvalue weighted by molar-refractivity contribution is -0.384. The highest BCUT2D eigenvalue weighted by molar-refractivity contribution is 8.13. The molecule has 31 heavy (non-hydrogen) atoms. The summed E-state index contributed by atoms with van der Waals surface area (Å²) in [5, 5.41) is 12.4. The largest absolute Gasteiger partial charge is 0.378 e. The molecule has 2 aliphatic rings. The van der Waals surface area contributed by atoms with Crippen LogP contribution in [0.2, 0.25) is 0 Å². The van der Waals surface area contributed by atoms with Gasteiger partial charge in [0.15, 0.2) is 5.17 Å². The Morgan fingerprint density at radius 2 is 1.94 bits per heavy atom. The molecule has 2 aromatic rings. The van der Waals surface area contributed by atoms with Gasteiger partial charge in [-0.25, -0.2) is 4.99 Å². The number of carbonyl (C=O) groups is 1. The molecule has 2 heterocycles. The lowest BCUT2D eigenvalue weighted by Crippen LogP contribution is -2.39. The second-order valence-corrected chi connectivity index (χ2v) is 8.46. The number of carbonyl (C=O) groups excluding carboxylic acids is 1. The summed E-state index contributed by atoms with van der Waals surface area (Å²) in [6.45, 7) is 4.75. The van der Waals surface area contributed by atoms with Gasteiger partial charge in [-0.3, -0.25) is 19.8 Å². The van der Waals surface area contributed by atoms with Gasteiger partial charge in [0, 0.05) is 37.0 Å². The number of benzene rings is 2. The third-order valence-corrected chi connectivity index (χ3v) is 6.40. The normalized spacial score (nSPS) is 18.3. The Hall–Kier alpha value is -2.91. The molecule has 0 spiro atoms. The van der Waals surface area contributed by atoms with Crippen molar-refractivity contribution in [3.8, 4) is 0 Å². The molecule has 2 saturated heterocycles. The van der Waals surface area contributed by atoms with Crippen LogP contribution in [0, 0.1) is 17.0 Å². The zero-order valence-electron chi connectivity index (χ0n) is 17.3. The van der Waals surface area contributed by atoms with Crippen LogP contribution in [0.1, 0.15) is 22.3 Å². The number of para-hydroxylation sites is 1. The van der Waals surface area contributed by atoms with E-state index in [2.05, 4.69) is 0 Å². The molecular formula is C22H24N4O4S. The molecule has 162 valence electrons. The Morgan fingerprint density at radius 3 is 2.68 bits per heavy atom. The molecule has 2 aromatic carbocycles. The first kappa shape index (κ1) is 21.3. The van der Waals surface area contributed by atoms with Crippen LogP contribution in [0.15, 0.2) is 47.5 Å². The number of amides is 1. The van der Waals surface area contributed by atoms with Crippen LogP contribution in [-0.4, -0.2) is 59.5 Å². The third-order valence-electron chi connectivity index (χ3n) is 5.34. The number of ether oxygens (including phenoxy) is 1. The predicted octanol–water partition coefficient (Wildman–Crippen LogP) is 4.01. The topological polar surface area (TPSA) is 88.3 Å². The number of amidine groups is 1. The number of morpholine rings is 1. The van der Waals surface area contributed by atoms with Crippen molar-refractivity contribution in [2.75, 3.05) is 43.5 Å². The van der Waals surface area contributed by atoms with Gasteiger partial charge in [-0.15, -0.1) is 0 Å². The van der Waals surface area contributed by atoms with Crippen molar-refractivity contribution in [2.45, 2.75) is 13.3 Å². The number of nitrogens with zero attached hydrogens (tertiary/aromatic N) is 4. The molecule has 0 bridgehead atoms. The van der Waals surface area contributed by atoms with Crippen LogP contribution >= 0.6 is 11.8 Å². The highest BCUT2D eigenvalue weighted by Crippen LogP contribution is 2.32. The molecule has 4 rings (SSSR count). The molecule has 0 atom stereocenters. The number of thioether (sulfide) groups is 1. The lowest BCUT2D eigenvalue weighted by Gasteiger charge is -2.29. The van der Waals surface area contributed by atoms with Crippen molar-refractivity contribution in [1.82, 2.24) is 4.90 Å². The Bertz CT molecular complexity index is 1020. The molecule has 0 saturated carbocycles. The number of aryl methyl sites for hydroxylation is 1. The zero-order valence-corrected chi connectivity index (χ0v) is 18.1. The second kappa shape index (κ2) is 9.49. The molecule has 0 radical (unpaired) electrons. The maximum atomic E-state index is 13.3. The molecule has 0 unspecified atom stereocenters. The fourth-order valence-corrected chi connectivity index (χ4v) is 4.61. The molecular weight excluding hydrogens is 416 g/mol. The average Bonchev–Trinajstić information content (AvgIpc) is 2.80. The van der Waals surface area contributed by atoms with E-state index < -0.39 is 4.92 Å². The van der Waals surface area contributed by atoms with Gasteiger partial charge < -0.3 is 9.64 Å². The van der Waals surface area contributed by atoms with Crippen LogP contribution in [0.4, 0.5) is 17.1 Å². The molecule has 8 nitrogen and oxygen atoms in total. The summed E-state index contributed by atoms with van der Waals surface area (Å²) < 4.78 is 5.34. The second-order valence-electron chi connectivity index (χ2n) is 7.40. The van der Waals surface area contributed by atoms with Gasteiger partial charge in [0.1, 0.15) is 5.69 Å². The van der Waals surface area contributed by atoms with E-state index in [0.29, 0.717) is 49.3 Å². The highest BCUT2D eigenvalue weighted by Gasteiger charge is 2.28. The summed E-state index contributed by atoms with van der Waals surface area (Å²) in [5.74, 6) is 0.612. The van der Waals surface area contributed by atoms with Crippen molar-refractivity contribution in [3.05, 3.63) is 63.7 Å². The molecule has 9 heteroatoms. The number of hydrogen-bond donors (Lipinski definition) is 0. The Morgan fingerprint density at radius 1 is 1.16 bits per heavy atom. The first-order chi connectivity index (χ1) is 15.0. The van der Waals surface area contributed by atoms with E-state index in [1.165, 1.54) is 17.8 Å². The fourth-order valence-electron chi connectivity index (χ4n) is 3.66. The Kier molecular flexibility index (Phi) is 6.53. The van der Waals surface area contributed by atoms with E-state index in [1.54, 1.807) is 17.0 Å². The smallest absolute Gasteiger partial charge is 0.293 e. The van der Waals surface area contributed by atoms with Crippen molar-refractivity contribution in [1.29, 1.82) is 0 Å². The summed E-state index contributed by atoms with van der Waals surface area (Å²) in [7, 11) is 0. The highest BCUT2D eigenvalue weighted by atomic mass is 32.2. The molecule has 2 fully saturated rings. The third kappa shape index (κ3) is 4.72. The van der Waals surface area contributed by atoms with Crippen LogP contribution in [0.25, 0.3) is 0 Å². The summed E-state index contributed by atoms with van der Waals surface area (Å²) in [5.41, 5.74) is 2.60. The van der Waals surface area contributed by atoms with Gasteiger partial charge >= 0.3 is 0 Å². The van der Waals surface area contributed by atoms with Gasteiger partial charge in [-0.1, -0.05) is 30.0 Å². The first-order valence-corrected chi connectivity index (χ1v) is 11.2. The molecule has 2 aliphatic heterocycles. The lowest BCUT2D eigenvalue weighted by atomic mass is 10.1. The predicted molar refractivity (Wildman–Crippen MR) is 123 cm³/mol. The molecule has 0 aromatic heterocycles. The van der Waals surface area contributed by atoms with Crippen LogP contribution < -0.4 is 4.90 Å². The van der Waals surface area contributed by atoms with Crippen LogP contribution in [0.3, 0.4) is 0 Å². The monoisotopic (exact) mass is 440 g/mol. The molecule has 0 N–H and O–H groups in total. The summed E-state index contributed by atoms with van der Waals surface area (Å²) in [6, 6.07) is 12.5.